The molecule has 6 heteroatoms. The van der Waals surface area contributed by atoms with Gasteiger partial charge in [-0.2, -0.15) is 0 Å². The Hall–Kier alpha value is -2.73. The van der Waals surface area contributed by atoms with Crippen LogP contribution in [-0.2, 0) is 0 Å². The molecule has 3 aromatic rings. The molecule has 23 heavy (non-hydrogen) atoms. The van der Waals surface area contributed by atoms with Crippen molar-refractivity contribution >= 4 is 22.2 Å². The summed E-state index contributed by atoms with van der Waals surface area (Å²) in [6.45, 7) is 1.83. The first-order valence-corrected chi connectivity index (χ1v) is 7.81. The number of benzene rings is 2. The average molecular weight is 325 g/mol. The molecule has 0 saturated carbocycles. The minimum Gasteiger partial charge on any atom is -0.507 e. The lowest BCUT2D eigenvalue weighted by Gasteiger charge is -2.03. The third-order valence-electron chi connectivity index (χ3n) is 3.31. The maximum Gasteiger partial charge on any atom is 0.232 e. The number of hydrogen-bond acceptors (Lipinski definition) is 6. The van der Waals surface area contributed by atoms with Gasteiger partial charge in [0.05, 0.1) is 18.4 Å². The third kappa shape index (κ3) is 3.22. The Labute approximate surface area is 137 Å². The standard InChI is InChI=1S/C17H15N3O2S/c1-11(12-7-3-5-9-14(12)21)18-17-20-19-16(23-17)13-8-4-6-10-15(13)22-2/h3-10,21H,1-2H3/b18-11+. The molecule has 1 heterocycles. The molecule has 0 aliphatic heterocycles. The van der Waals surface area contributed by atoms with Gasteiger partial charge in [-0.05, 0) is 31.2 Å². The van der Waals surface area contributed by atoms with Crippen molar-refractivity contribution in [3.05, 3.63) is 54.1 Å². The Balaban J connectivity index is 1.93. The number of rotatable bonds is 4. The van der Waals surface area contributed by atoms with Crippen LogP contribution in [0, 0.1) is 0 Å². The van der Waals surface area contributed by atoms with Crippen LogP contribution >= 0.6 is 11.3 Å². The monoisotopic (exact) mass is 325 g/mol. The molecule has 0 fully saturated rings. The molecule has 2 aromatic carbocycles. The van der Waals surface area contributed by atoms with E-state index in [4.69, 9.17) is 4.74 Å². The van der Waals surface area contributed by atoms with Crippen LogP contribution in [-0.4, -0.2) is 28.1 Å². The predicted octanol–water partition coefficient (Wildman–Crippen LogP) is 4.06. The Morgan fingerprint density at radius 2 is 1.83 bits per heavy atom. The van der Waals surface area contributed by atoms with Gasteiger partial charge in [0.2, 0.25) is 5.13 Å². The SMILES string of the molecule is COc1ccccc1-c1nnc(/N=C(\C)c2ccccc2O)s1. The topological polar surface area (TPSA) is 67.6 Å². The number of hydrogen-bond donors (Lipinski definition) is 1. The van der Waals surface area contributed by atoms with E-state index in [2.05, 4.69) is 15.2 Å². The molecule has 0 radical (unpaired) electrons. The Morgan fingerprint density at radius 3 is 2.61 bits per heavy atom. The van der Waals surface area contributed by atoms with Crippen molar-refractivity contribution in [1.29, 1.82) is 0 Å². The van der Waals surface area contributed by atoms with Crippen molar-refractivity contribution < 1.29 is 9.84 Å². The molecule has 116 valence electrons. The number of phenols is 1. The zero-order chi connectivity index (χ0) is 16.2. The van der Waals surface area contributed by atoms with E-state index in [1.807, 2.05) is 43.3 Å². The van der Waals surface area contributed by atoms with Gasteiger partial charge >= 0.3 is 0 Å². The summed E-state index contributed by atoms with van der Waals surface area (Å²) >= 11 is 1.37. The van der Waals surface area contributed by atoms with E-state index < -0.39 is 0 Å². The van der Waals surface area contributed by atoms with Gasteiger partial charge in [0, 0.05) is 5.56 Å². The van der Waals surface area contributed by atoms with Crippen molar-refractivity contribution in [2.24, 2.45) is 4.99 Å². The average Bonchev–Trinajstić information content (AvgIpc) is 3.03. The number of methoxy groups -OCH3 is 1. The summed E-state index contributed by atoms with van der Waals surface area (Å²) in [5, 5.41) is 19.4. The highest BCUT2D eigenvalue weighted by Gasteiger charge is 2.11. The molecule has 5 nitrogen and oxygen atoms in total. The molecular weight excluding hydrogens is 310 g/mol. The number of ether oxygens (including phenoxy) is 1. The first kappa shape index (κ1) is 15.2. The van der Waals surface area contributed by atoms with E-state index in [0.717, 1.165) is 16.3 Å². The Bertz CT molecular complexity index is 858. The fourth-order valence-corrected chi connectivity index (χ4v) is 2.97. The maximum absolute atomic E-state index is 9.88. The second kappa shape index (κ2) is 6.58. The van der Waals surface area contributed by atoms with Crippen LogP contribution in [0.25, 0.3) is 10.6 Å². The van der Waals surface area contributed by atoms with Gasteiger partial charge in [-0.1, -0.05) is 35.6 Å². The van der Waals surface area contributed by atoms with E-state index in [9.17, 15) is 5.11 Å². The molecule has 0 aliphatic rings. The number of aromatic nitrogens is 2. The van der Waals surface area contributed by atoms with Gasteiger partial charge in [-0.3, -0.25) is 0 Å². The van der Waals surface area contributed by atoms with Crippen molar-refractivity contribution in [1.82, 2.24) is 10.2 Å². The molecule has 0 bridgehead atoms. The first-order valence-electron chi connectivity index (χ1n) is 6.99. The van der Waals surface area contributed by atoms with E-state index in [-0.39, 0.29) is 5.75 Å². The molecule has 0 atom stereocenters. The summed E-state index contributed by atoms with van der Waals surface area (Å²) in [7, 11) is 1.63. The second-order valence-electron chi connectivity index (χ2n) is 4.80. The van der Waals surface area contributed by atoms with Crippen molar-refractivity contribution in [2.75, 3.05) is 7.11 Å². The van der Waals surface area contributed by atoms with Crippen molar-refractivity contribution in [2.45, 2.75) is 6.92 Å². The number of para-hydroxylation sites is 2. The fourth-order valence-electron chi connectivity index (χ4n) is 2.17. The zero-order valence-corrected chi connectivity index (χ0v) is 13.5. The zero-order valence-electron chi connectivity index (χ0n) is 12.7. The van der Waals surface area contributed by atoms with E-state index >= 15 is 0 Å². The van der Waals surface area contributed by atoms with Crippen LogP contribution in [0.1, 0.15) is 12.5 Å². The fraction of sp³-hybridized carbons (Fsp3) is 0.118. The van der Waals surface area contributed by atoms with E-state index in [0.29, 0.717) is 16.4 Å². The van der Waals surface area contributed by atoms with E-state index in [1.54, 1.807) is 19.2 Å². The summed E-state index contributed by atoms with van der Waals surface area (Å²) in [5.74, 6) is 0.944. The van der Waals surface area contributed by atoms with Gasteiger partial charge < -0.3 is 9.84 Å². The highest BCUT2D eigenvalue weighted by molar-refractivity contribution is 7.18. The number of phenolic OH excluding ortho intramolecular Hbond substituents is 1. The molecule has 0 amide bonds. The Kier molecular flexibility index (Phi) is 4.34. The lowest BCUT2D eigenvalue weighted by molar-refractivity contribution is 0.416. The summed E-state index contributed by atoms with van der Waals surface area (Å²) in [4.78, 5) is 4.45. The third-order valence-corrected chi connectivity index (χ3v) is 4.16. The van der Waals surface area contributed by atoms with Gasteiger partial charge in [0.25, 0.3) is 0 Å². The van der Waals surface area contributed by atoms with Gasteiger partial charge in [0.1, 0.15) is 11.5 Å². The molecular formula is C17H15N3O2S. The molecule has 1 aromatic heterocycles. The summed E-state index contributed by atoms with van der Waals surface area (Å²) in [6.07, 6.45) is 0. The van der Waals surface area contributed by atoms with Crippen LogP contribution in [0.4, 0.5) is 5.13 Å². The summed E-state index contributed by atoms with van der Waals surface area (Å²) in [6, 6.07) is 14.7. The predicted molar refractivity (Wildman–Crippen MR) is 91.9 cm³/mol. The van der Waals surface area contributed by atoms with Crippen molar-refractivity contribution in [3.63, 3.8) is 0 Å². The lowest BCUT2D eigenvalue weighted by Crippen LogP contribution is -1.93. The molecule has 0 spiro atoms. The van der Waals surface area contributed by atoms with Crippen LogP contribution in [0.15, 0.2) is 53.5 Å². The summed E-state index contributed by atoms with van der Waals surface area (Å²) in [5.41, 5.74) is 2.25. The molecule has 3 rings (SSSR count). The van der Waals surface area contributed by atoms with Crippen LogP contribution in [0.2, 0.25) is 0 Å². The van der Waals surface area contributed by atoms with E-state index in [1.165, 1.54) is 11.3 Å². The quantitative estimate of drug-likeness (QED) is 0.735. The molecule has 1 N–H and O–H groups in total. The number of aliphatic imine (C=N–C) groups is 1. The van der Waals surface area contributed by atoms with Gasteiger partial charge in [-0.25, -0.2) is 4.99 Å². The lowest BCUT2D eigenvalue weighted by atomic mass is 10.1. The van der Waals surface area contributed by atoms with Gasteiger partial charge in [-0.15, -0.1) is 10.2 Å². The molecule has 0 aliphatic carbocycles. The minimum atomic E-state index is 0.197. The maximum atomic E-state index is 9.88. The number of aromatic hydroxyl groups is 1. The normalized spacial score (nSPS) is 11.5. The number of nitrogens with zero attached hydrogens (tertiary/aromatic N) is 3. The molecule has 0 unspecified atom stereocenters. The van der Waals surface area contributed by atoms with Crippen LogP contribution in [0.5, 0.6) is 11.5 Å². The highest BCUT2D eigenvalue weighted by Crippen LogP contribution is 2.34. The largest absolute Gasteiger partial charge is 0.507 e. The minimum absolute atomic E-state index is 0.197. The second-order valence-corrected chi connectivity index (χ2v) is 5.76. The van der Waals surface area contributed by atoms with Crippen LogP contribution < -0.4 is 4.74 Å². The smallest absolute Gasteiger partial charge is 0.232 e. The van der Waals surface area contributed by atoms with Gasteiger partial charge in [0.15, 0.2) is 5.01 Å². The molecule has 0 saturated heterocycles. The van der Waals surface area contributed by atoms with Crippen LogP contribution in [0.3, 0.4) is 0 Å². The Morgan fingerprint density at radius 1 is 1.09 bits per heavy atom. The van der Waals surface area contributed by atoms with Crippen molar-refractivity contribution in [3.8, 4) is 22.1 Å². The first-order chi connectivity index (χ1) is 11.2. The summed E-state index contributed by atoms with van der Waals surface area (Å²) < 4.78 is 5.35. The highest BCUT2D eigenvalue weighted by atomic mass is 32.1.